The van der Waals surface area contributed by atoms with E-state index < -0.39 is 0 Å². The zero-order valence-corrected chi connectivity index (χ0v) is 12.9. The van der Waals surface area contributed by atoms with Crippen LogP contribution in [0.4, 0.5) is 0 Å². The van der Waals surface area contributed by atoms with Crippen LogP contribution in [0.2, 0.25) is 0 Å². The predicted molar refractivity (Wildman–Crippen MR) is 81.2 cm³/mol. The van der Waals surface area contributed by atoms with Crippen molar-refractivity contribution in [2.24, 2.45) is 0 Å². The lowest BCUT2D eigenvalue weighted by Crippen LogP contribution is -2.28. The Kier molecular flexibility index (Phi) is 4.86. The standard InChI is InChI=1S/C16H26N2O2/c1-4-8-17(9-5-2)11-14-16(20)15(19)10-12(3)18(14)13-6-7-13/h10,13,20H,4-9,11H2,1-3H3. The monoisotopic (exact) mass is 278 g/mol. The first-order valence-corrected chi connectivity index (χ1v) is 7.74. The molecule has 0 atom stereocenters. The number of rotatable bonds is 7. The van der Waals surface area contributed by atoms with Crippen molar-refractivity contribution >= 4 is 0 Å². The molecule has 112 valence electrons. The summed E-state index contributed by atoms with van der Waals surface area (Å²) in [6.45, 7) is 8.95. The summed E-state index contributed by atoms with van der Waals surface area (Å²) >= 11 is 0. The minimum atomic E-state index is -0.248. The van der Waals surface area contributed by atoms with Gasteiger partial charge in [-0.2, -0.15) is 0 Å². The highest BCUT2D eigenvalue weighted by atomic mass is 16.3. The molecular weight excluding hydrogens is 252 g/mol. The van der Waals surface area contributed by atoms with Crippen molar-refractivity contribution < 1.29 is 5.11 Å². The second-order valence-electron chi connectivity index (χ2n) is 5.82. The number of nitrogens with zero attached hydrogens (tertiary/aromatic N) is 2. The molecule has 0 spiro atoms. The molecule has 0 saturated heterocycles. The van der Waals surface area contributed by atoms with Crippen LogP contribution in [0.5, 0.6) is 5.75 Å². The summed E-state index contributed by atoms with van der Waals surface area (Å²) in [4.78, 5) is 14.2. The number of hydrogen-bond donors (Lipinski definition) is 1. The van der Waals surface area contributed by atoms with Crippen LogP contribution in [0.3, 0.4) is 0 Å². The van der Waals surface area contributed by atoms with Crippen molar-refractivity contribution in [2.45, 2.75) is 59.0 Å². The van der Waals surface area contributed by atoms with E-state index in [2.05, 4.69) is 23.3 Å². The first kappa shape index (κ1) is 15.1. The Hall–Kier alpha value is -1.29. The quantitative estimate of drug-likeness (QED) is 0.834. The van der Waals surface area contributed by atoms with Gasteiger partial charge in [0.2, 0.25) is 5.43 Å². The minimum Gasteiger partial charge on any atom is -0.503 e. The van der Waals surface area contributed by atoms with E-state index in [1.54, 1.807) is 6.07 Å². The van der Waals surface area contributed by atoms with Gasteiger partial charge >= 0.3 is 0 Å². The lowest BCUT2D eigenvalue weighted by Gasteiger charge is -2.25. The molecule has 1 saturated carbocycles. The van der Waals surface area contributed by atoms with Gasteiger partial charge in [-0.1, -0.05) is 13.8 Å². The highest BCUT2D eigenvalue weighted by molar-refractivity contribution is 5.31. The molecule has 2 rings (SSSR count). The number of aromatic nitrogens is 1. The molecule has 1 aromatic heterocycles. The summed E-state index contributed by atoms with van der Waals surface area (Å²) in [5, 5.41) is 10.2. The maximum absolute atomic E-state index is 11.9. The van der Waals surface area contributed by atoms with E-state index in [0.29, 0.717) is 12.6 Å². The molecule has 1 N–H and O–H groups in total. The molecule has 4 heteroatoms. The highest BCUT2D eigenvalue weighted by Crippen LogP contribution is 2.38. The Morgan fingerprint density at radius 3 is 2.40 bits per heavy atom. The van der Waals surface area contributed by atoms with Crippen molar-refractivity contribution in [1.29, 1.82) is 0 Å². The van der Waals surface area contributed by atoms with Crippen LogP contribution >= 0.6 is 0 Å². The fourth-order valence-corrected chi connectivity index (χ4v) is 2.90. The fraction of sp³-hybridized carbons (Fsp3) is 0.688. The van der Waals surface area contributed by atoms with Crippen LogP contribution in [0.15, 0.2) is 10.9 Å². The maximum atomic E-state index is 11.9. The van der Waals surface area contributed by atoms with Crippen LogP contribution in [0.25, 0.3) is 0 Å². The van der Waals surface area contributed by atoms with Gasteiger partial charge in [-0.05, 0) is 45.7 Å². The summed E-state index contributed by atoms with van der Waals surface area (Å²) in [5.74, 6) is -0.0558. The number of aryl methyl sites for hydroxylation is 1. The van der Waals surface area contributed by atoms with Crippen molar-refractivity contribution in [3.8, 4) is 5.75 Å². The normalized spacial score (nSPS) is 15.0. The van der Waals surface area contributed by atoms with E-state index in [4.69, 9.17) is 0 Å². The summed E-state index contributed by atoms with van der Waals surface area (Å²) < 4.78 is 2.18. The molecule has 0 aromatic carbocycles. The lowest BCUT2D eigenvalue weighted by atomic mass is 10.2. The Morgan fingerprint density at radius 1 is 1.30 bits per heavy atom. The van der Waals surface area contributed by atoms with Crippen molar-refractivity contribution in [1.82, 2.24) is 9.47 Å². The Balaban J connectivity index is 2.35. The second kappa shape index (κ2) is 6.44. The molecule has 0 bridgehead atoms. The van der Waals surface area contributed by atoms with E-state index in [1.807, 2.05) is 6.92 Å². The van der Waals surface area contributed by atoms with Gasteiger partial charge in [-0.25, -0.2) is 0 Å². The molecule has 1 aromatic rings. The molecule has 0 amide bonds. The van der Waals surface area contributed by atoms with Gasteiger partial charge in [0.15, 0.2) is 5.75 Å². The van der Waals surface area contributed by atoms with Gasteiger partial charge in [0.05, 0.1) is 5.69 Å². The van der Waals surface area contributed by atoms with Gasteiger partial charge in [-0.3, -0.25) is 9.69 Å². The summed E-state index contributed by atoms with van der Waals surface area (Å²) in [6.07, 6.45) is 4.47. The van der Waals surface area contributed by atoms with Crippen molar-refractivity contribution in [2.75, 3.05) is 13.1 Å². The molecule has 0 unspecified atom stereocenters. The van der Waals surface area contributed by atoms with Crippen LogP contribution in [0, 0.1) is 6.92 Å². The number of aromatic hydroxyl groups is 1. The largest absolute Gasteiger partial charge is 0.503 e. The molecule has 4 nitrogen and oxygen atoms in total. The molecule has 1 aliphatic rings. The van der Waals surface area contributed by atoms with E-state index >= 15 is 0 Å². The average Bonchev–Trinajstić information content (AvgIpc) is 3.20. The van der Waals surface area contributed by atoms with Gasteiger partial charge < -0.3 is 9.67 Å². The first-order chi connectivity index (χ1) is 9.58. The van der Waals surface area contributed by atoms with E-state index in [0.717, 1.165) is 50.2 Å². The third-order valence-corrected chi connectivity index (χ3v) is 3.88. The zero-order chi connectivity index (χ0) is 14.7. The second-order valence-corrected chi connectivity index (χ2v) is 5.82. The Bertz CT molecular complexity index is 512. The van der Waals surface area contributed by atoms with Crippen molar-refractivity contribution in [3.63, 3.8) is 0 Å². The molecule has 1 aliphatic carbocycles. The third-order valence-electron chi connectivity index (χ3n) is 3.88. The molecule has 0 aliphatic heterocycles. The lowest BCUT2D eigenvalue weighted by molar-refractivity contribution is 0.253. The Morgan fingerprint density at radius 2 is 1.90 bits per heavy atom. The van der Waals surface area contributed by atoms with Gasteiger partial charge in [0, 0.05) is 24.3 Å². The zero-order valence-electron chi connectivity index (χ0n) is 12.9. The van der Waals surface area contributed by atoms with Crippen LogP contribution < -0.4 is 5.43 Å². The van der Waals surface area contributed by atoms with Gasteiger partial charge in [0.1, 0.15) is 0 Å². The van der Waals surface area contributed by atoms with Crippen LogP contribution in [-0.2, 0) is 6.54 Å². The molecule has 1 fully saturated rings. The molecule has 1 heterocycles. The summed E-state index contributed by atoms with van der Waals surface area (Å²) in [5.41, 5.74) is 1.53. The number of hydrogen-bond acceptors (Lipinski definition) is 3. The predicted octanol–water partition coefficient (Wildman–Crippen LogP) is 2.82. The smallest absolute Gasteiger partial charge is 0.223 e. The maximum Gasteiger partial charge on any atom is 0.223 e. The molecular formula is C16H26N2O2. The average molecular weight is 278 g/mol. The first-order valence-electron chi connectivity index (χ1n) is 7.74. The van der Waals surface area contributed by atoms with E-state index in [9.17, 15) is 9.90 Å². The number of pyridine rings is 1. The van der Waals surface area contributed by atoms with Crippen LogP contribution in [-0.4, -0.2) is 27.7 Å². The highest BCUT2D eigenvalue weighted by Gasteiger charge is 2.28. The van der Waals surface area contributed by atoms with E-state index in [-0.39, 0.29) is 11.2 Å². The molecule has 20 heavy (non-hydrogen) atoms. The summed E-state index contributed by atoms with van der Waals surface area (Å²) in [6, 6.07) is 2.03. The SMILES string of the molecule is CCCN(CCC)Cc1c(O)c(=O)cc(C)n1C1CC1. The fourth-order valence-electron chi connectivity index (χ4n) is 2.90. The van der Waals surface area contributed by atoms with Gasteiger partial charge in [-0.15, -0.1) is 0 Å². The topological polar surface area (TPSA) is 45.5 Å². The summed E-state index contributed by atoms with van der Waals surface area (Å²) in [7, 11) is 0. The minimum absolute atomic E-state index is 0.0558. The molecule has 0 radical (unpaired) electrons. The Labute approximate surface area is 121 Å². The third kappa shape index (κ3) is 3.23. The van der Waals surface area contributed by atoms with Gasteiger partial charge in [0.25, 0.3) is 0 Å². The van der Waals surface area contributed by atoms with Crippen LogP contribution in [0.1, 0.15) is 57.0 Å². The van der Waals surface area contributed by atoms with Crippen molar-refractivity contribution in [3.05, 3.63) is 27.7 Å². The van der Waals surface area contributed by atoms with E-state index in [1.165, 1.54) is 0 Å².